The highest BCUT2D eigenvalue weighted by Crippen LogP contribution is 2.24. The minimum atomic E-state index is -0.751. The van der Waals surface area contributed by atoms with Crippen LogP contribution in [0.15, 0.2) is 46.9 Å². The number of hydrogen-bond donors (Lipinski definition) is 1. The number of carbonyl (C=O) groups is 1. The molecule has 0 saturated heterocycles. The van der Waals surface area contributed by atoms with Gasteiger partial charge in [0, 0.05) is 9.50 Å². The van der Waals surface area contributed by atoms with Gasteiger partial charge in [0.15, 0.2) is 6.10 Å². The quantitative estimate of drug-likeness (QED) is 0.848. The predicted octanol–water partition coefficient (Wildman–Crippen LogP) is 4.65. The van der Waals surface area contributed by atoms with Crippen molar-refractivity contribution in [3.8, 4) is 5.75 Å². The molecule has 0 heterocycles. The largest absolute Gasteiger partial charge is 0.481 e. The Labute approximate surface area is 135 Å². The zero-order valence-electron chi connectivity index (χ0n) is 11.1. The van der Waals surface area contributed by atoms with Crippen molar-refractivity contribution in [1.82, 2.24) is 0 Å². The van der Waals surface area contributed by atoms with Crippen molar-refractivity contribution in [3.05, 3.63) is 57.8 Å². The fraction of sp³-hybridized carbons (Fsp3) is 0.133. The van der Waals surface area contributed by atoms with Gasteiger partial charge in [0.05, 0.1) is 5.69 Å². The summed E-state index contributed by atoms with van der Waals surface area (Å²) in [6, 6.07) is 10.8. The lowest BCUT2D eigenvalue weighted by Gasteiger charge is -2.15. The molecule has 0 fully saturated rings. The standard InChI is InChI=1S/C15H12BrClFNO2/c1-9(21-12-4-2-3-10(17)7-12)15(20)19-14-8-11(18)5-6-13(14)16/h2-9H,1H3,(H,19,20). The van der Waals surface area contributed by atoms with E-state index in [4.69, 9.17) is 16.3 Å². The Morgan fingerprint density at radius 2 is 2.10 bits per heavy atom. The maximum Gasteiger partial charge on any atom is 0.265 e. The number of anilines is 1. The van der Waals surface area contributed by atoms with E-state index in [-0.39, 0.29) is 5.91 Å². The first-order valence-electron chi connectivity index (χ1n) is 6.14. The third-order valence-corrected chi connectivity index (χ3v) is 3.59. The molecule has 0 spiro atoms. The van der Waals surface area contributed by atoms with Gasteiger partial charge in [-0.2, -0.15) is 0 Å². The van der Waals surface area contributed by atoms with Crippen LogP contribution in [0.1, 0.15) is 6.92 Å². The van der Waals surface area contributed by atoms with E-state index in [1.54, 1.807) is 31.2 Å². The number of carbonyl (C=O) groups excluding carboxylic acids is 1. The molecule has 1 amide bonds. The molecule has 6 heteroatoms. The second-order valence-electron chi connectivity index (χ2n) is 4.33. The van der Waals surface area contributed by atoms with Gasteiger partial charge >= 0.3 is 0 Å². The van der Waals surface area contributed by atoms with Gasteiger partial charge in [-0.15, -0.1) is 0 Å². The third-order valence-electron chi connectivity index (χ3n) is 2.66. The molecule has 2 rings (SSSR count). The van der Waals surface area contributed by atoms with E-state index in [2.05, 4.69) is 21.2 Å². The molecule has 1 N–H and O–H groups in total. The molecule has 0 radical (unpaired) electrons. The summed E-state index contributed by atoms with van der Waals surface area (Å²) >= 11 is 9.09. The molecule has 0 aliphatic carbocycles. The summed E-state index contributed by atoms with van der Waals surface area (Å²) in [5.74, 6) is -0.332. The maximum absolute atomic E-state index is 13.2. The first-order valence-corrected chi connectivity index (χ1v) is 7.31. The average Bonchev–Trinajstić information content (AvgIpc) is 2.43. The first kappa shape index (κ1) is 15.8. The topological polar surface area (TPSA) is 38.3 Å². The summed E-state index contributed by atoms with van der Waals surface area (Å²) < 4.78 is 19.3. The van der Waals surface area contributed by atoms with Crippen LogP contribution in [0.5, 0.6) is 5.75 Å². The predicted molar refractivity (Wildman–Crippen MR) is 84.3 cm³/mol. The molecule has 110 valence electrons. The van der Waals surface area contributed by atoms with E-state index < -0.39 is 11.9 Å². The molecule has 0 aliphatic rings. The lowest BCUT2D eigenvalue weighted by molar-refractivity contribution is -0.122. The van der Waals surface area contributed by atoms with Gasteiger partial charge < -0.3 is 10.1 Å². The lowest BCUT2D eigenvalue weighted by atomic mass is 10.3. The number of nitrogens with one attached hydrogen (secondary N) is 1. The van der Waals surface area contributed by atoms with Crippen LogP contribution in [0.2, 0.25) is 5.02 Å². The minimum Gasteiger partial charge on any atom is -0.481 e. The Morgan fingerprint density at radius 1 is 1.33 bits per heavy atom. The number of halogens is 3. The van der Waals surface area contributed by atoms with E-state index in [1.165, 1.54) is 18.2 Å². The van der Waals surface area contributed by atoms with Crippen molar-refractivity contribution in [2.45, 2.75) is 13.0 Å². The van der Waals surface area contributed by atoms with Crippen molar-refractivity contribution in [3.63, 3.8) is 0 Å². The highest BCUT2D eigenvalue weighted by molar-refractivity contribution is 9.10. The smallest absolute Gasteiger partial charge is 0.265 e. The van der Waals surface area contributed by atoms with Crippen molar-refractivity contribution >= 4 is 39.1 Å². The monoisotopic (exact) mass is 371 g/mol. The summed E-state index contributed by atoms with van der Waals surface area (Å²) in [6.07, 6.45) is -0.751. The Hall–Kier alpha value is -1.59. The lowest BCUT2D eigenvalue weighted by Crippen LogP contribution is -2.30. The Morgan fingerprint density at radius 3 is 2.81 bits per heavy atom. The summed E-state index contributed by atoms with van der Waals surface area (Å²) in [6.45, 7) is 1.60. The maximum atomic E-state index is 13.2. The summed E-state index contributed by atoms with van der Waals surface area (Å²) in [7, 11) is 0. The molecule has 21 heavy (non-hydrogen) atoms. The van der Waals surface area contributed by atoms with Crippen molar-refractivity contribution in [2.75, 3.05) is 5.32 Å². The Balaban J connectivity index is 2.04. The van der Waals surface area contributed by atoms with E-state index in [1.807, 2.05) is 0 Å². The van der Waals surface area contributed by atoms with Gasteiger partial charge in [-0.3, -0.25) is 4.79 Å². The molecule has 1 unspecified atom stereocenters. The van der Waals surface area contributed by atoms with Crippen LogP contribution in [-0.4, -0.2) is 12.0 Å². The highest BCUT2D eigenvalue weighted by Gasteiger charge is 2.16. The van der Waals surface area contributed by atoms with Gasteiger partial charge in [0.25, 0.3) is 5.91 Å². The van der Waals surface area contributed by atoms with Crippen molar-refractivity contribution < 1.29 is 13.9 Å². The molecule has 3 nitrogen and oxygen atoms in total. The summed E-state index contributed by atoms with van der Waals surface area (Å²) in [5, 5.41) is 3.12. The zero-order chi connectivity index (χ0) is 15.4. The molecular weight excluding hydrogens is 361 g/mol. The molecule has 0 bridgehead atoms. The van der Waals surface area contributed by atoms with Gasteiger partial charge in [-0.25, -0.2) is 4.39 Å². The number of amides is 1. The normalized spacial score (nSPS) is 11.8. The molecule has 0 aliphatic heterocycles. The van der Waals surface area contributed by atoms with Gasteiger partial charge in [0.2, 0.25) is 0 Å². The summed E-state index contributed by atoms with van der Waals surface area (Å²) in [4.78, 5) is 12.1. The fourth-order valence-corrected chi connectivity index (χ4v) is 2.15. The van der Waals surface area contributed by atoms with Crippen LogP contribution in [0.4, 0.5) is 10.1 Å². The van der Waals surface area contributed by atoms with E-state index in [9.17, 15) is 9.18 Å². The van der Waals surface area contributed by atoms with Gasteiger partial charge in [-0.05, 0) is 59.3 Å². The van der Waals surface area contributed by atoms with Crippen LogP contribution >= 0.6 is 27.5 Å². The Kier molecular flexibility index (Phi) is 5.20. The van der Waals surface area contributed by atoms with Crippen LogP contribution in [-0.2, 0) is 4.79 Å². The molecular formula is C15H12BrClFNO2. The van der Waals surface area contributed by atoms with E-state index in [0.29, 0.717) is 20.9 Å². The van der Waals surface area contributed by atoms with Crippen molar-refractivity contribution in [1.29, 1.82) is 0 Å². The Bertz CT molecular complexity index is 666. The molecule has 2 aromatic carbocycles. The van der Waals surface area contributed by atoms with E-state index >= 15 is 0 Å². The second kappa shape index (κ2) is 6.91. The van der Waals surface area contributed by atoms with Crippen LogP contribution in [0, 0.1) is 5.82 Å². The second-order valence-corrected chi connectivity index (χ2v) is 5.62. The minimum absolute atomic E-state index is 0.349. The average molecular weight is 373 g/mol. The number of hydrogen-bond acceptors (Lipinski definition) is 2. The fourth-order valence-electron chi connectivity index (χ4n) is 1.63. The number of benzene rings is 2. The summed E-state index contributed by atoms with van der Waals surface area (Å²) in [5.41, 5.74) is 0.349. The first-order chi connectivity index (χ1) is 9.95. The van der Waals surface area contributed by atoms with Crippen molar-refractivity contribution in [2.24, 2.45) is 0 Å². The zero-order valence-corrected chi connectivity index (χ0v) is 13.4. The number of ether oxygens (including phenoxy) is 1. The van der Waals surface area contributed by atoms with Crippen LogP contribution < -0.4 is 10.1 Å². The van der Waals surface area contributed by atoms with Crippen LogP contribution in [0.3, 0.4) is 0 Å². The molecule has 0 saturated carbocycles. The van der Waals surface area contributed by atoms with E-state index in [0.717, 1.165) is 0 Å². The van der Waals surface area contributed by atoms with Gasteiger partial charge in [0.1, 0.15) is 11.6 Å². The van der Waals surface area contributed by atoms with Gasteiger partial charge in [-0.1, -0.05) is 17.7 Å². The molecule has 1 atom stereocenters. The molecule has 0 aromatic heterocycles. The third kappa shape index (κ3) is 4.44. The SMILES string of the molecule is CC(Oc1cccc(Cl)c1)C(=O)Nc1cc(F)ccc1Br. The molecule has 2 aromatic rings. The number of rotatable bonds is 4. The van der Waals surface area contributed by atoms with Crippen LogP contribution in [0.25, 0.3) is 0 Å². The highest BCUT2D eigenvalue weighted by atomic mass is 79.9.